The lowest BCUT2D eigenvalue weighted by Gasteiger charge is -2.13. The molecule has 0 aromatic carbocycles. The summed E-state index contributed by atoms with van der Waals surface area (Å²) in [7, 11) is 0. The second-order valence-electron chi connectivity index (χ2n) is 4.44. The van der Waals surface area contributed by atoms with Crippen LogP contribution in [0.5, 0.6) is 0 Å². The fourth-order valence-corrected chi connectivity index (χ4v) is 2.86. The van der Waals surface area contributed by atoms with Gasteiger partial charge in [0.2, 0.25) is 5.13 Å². The predicted octanol–water partition coefficient (Wildman–Crippen LogP) is 1.79. The molecule has 2 heterocycles. The molecule has 1 fully saturated rings. The highest BCUT2D eigenvalue weighted by molar-refractivity contribution is 7.09. The normalized spacial score (nSPS) is 19.8. The van der Waals surface area contributed by atoms with E-state index >= 15 is 0 Å². The molecule has 1 aromatic heterocycles. The number of hydrogen-bond acceptors (Lipinski definition) is 5. The monoisotopic (exact) mass is 255 g/mol. The van der Waals surface area contributed by atoms with Crippen molar-refractivity contribution in [2.24, 2.45) is 5.92 Å². The average Bonchev–Trinajstić information content (AvgIpc) is 2.86. The highest BCUT2D eigenvalue weighted by Gasteiger charge is 2.26. The maximum absolute atomic E-state index is 10.6. The van der Waals surface area contributed by atoms with Crippen molar-refractivity contribution in [3.63, 3.8) is 0 Å². The Morgan fingerprint density at radius 3 is 3.18 bits per heavy atom. The lowest BCUT2D eigenvalue weighted by atomic mass is 10.1. The summed E-state index contributed by atoms with van der Waals surface area (Å²) in [4.78, 5) is 17.3. The van der Waals surface area contributed by atoms with Crippen molar-refractivity contribution in [3.8, 4) is 0 Å². The molecule has 1 N–H and O–H groups in total. The van der Waals surface area contributed by atoms with Gasteiger partial charge in [0.05, 0.1) is 0 Å². The number of nitrogens with zero attached hydrogens (tertiary/aromatic N) is 3. The van der Waals surface area contributed by atoms with Gasteiger partial charge in [-0.15, -0.1) is 0 Å². The van der Waals surface area contributed by atoms with Crippen LogP contribution in [0.3, 0.4) is 0 Å². The third-order valence-corrected chi connectivity index (χ3v) is 3.77. The van der Waals surface area contributed by atoms with E-state index in [1.165, 1.54) is 11.5 Å². The van der Waals surface area contributed by atoms with Gasteiger partial charge in [0.25, 0.3) is 0 Å². The fraction of sp³-hybridized carbons (Fsp3) is 0.727. The summed E-state index contributed by atoms with van der Waals surface area (Å²) in [5, 5.41) is 9.71. The van der Waals surface area contributed by atoms with Crippen LogP contribution in [0, 0.1) is 5.92 Å². The van der Waals surface area contributed by atoms with E-state index in [4.69, 9.17) is 5.11 Å². The minimum absolute atomic E-state index is 0.256. The molecule has 1 aromatic rings. The second kappa shape index (κ2) is 5.44. The molecule has 0 saturated carbocycles. The van der Waals surface area contributed by atoms with Crippen molar-refractivity contribution in [1.29, 1.82) is 0 Å². The molecular formula is C11H17N3O2S. The highest BCUT2D eigenvalue weighted by Crippen LogP contribution is 2.27. The molecule has 94 valence electrons. The Morgan fingerprint density at radius 1 is 1.65 bits per heavy atom. The van der Waals surface area contributed by atoms with E-state index in [0.29, 0.717) is 0 Å². The van der Waals surface area contributed by atoms with E-state index in [0.717, 1.165) is 43.3 Å². The number of carboxylic acid groups (broad SMARTS) is 1. The number of anilines is 1. The molecule has 0 bridgehead atoms. The molecule has 0 aliphatic carbocycles. The van der Waals surface area contributed by atoms with Gasteiger partial charge in [-0.2, -0.15) is 4.37 Å². The summed E-state index contributed by atoms with van der Waals surface area (Å²) in [5.41, 5.74) is 0. The summed E-state index contributed by atoms with van der Waals surface area (Å²) in [6, 6.07) is 0. The van der Waals surface area contributed by atoms with Gasteiger partial charge >= 0.3 is 5.97 Å². The first-order valence-electron chi connectivity index (χ1n) is 5.98. The SMILES string of the molecule is CCCc1nsc(N2CCC(CC(=O)O)C2)n1. The molecule has 5 nitrogen and oxygen atoms in total. The Labute approximate surface area is 105 Å². The molecular weight excluding hydrogens is 238 g/mol. The van der Waals surface area contributed by atoms with Crippen LogP contribution in [-0.2, 0) is 11.2 Å². The van der Waals surface area contributed by atoms with E-state index in [1.54, 1.807) is 0 Å². The Balaban J connectivity index is 1.92. The van der Waals surface area contributed by atoms with Crippen LogP contribution in [0.15, 0.2) is 0 Å². The number of carboxylic acids is 1. The molecule has 1 atom stereocenters. The van der Waals surface area contributed by atoms with Crippen LogP contribution in [0.25, 0.3) is 0 Å². The third kappa shape index (κ3) is 3.15. The molecule has 0 spiro atoms. The summed E-state index contributed by atoms with van der Waals surface area (Å²) in [6.07, 6.45) is 3.17. The van der Waals surface area contributed by atoms with Crippen LogP contribution in [0.1, 0.15) is 32.0 Å². The smallest absolute Gasteiger partial charge is 0.303 e. The lowest BCUT2D eigenvalue weighted by Crippen LogP contribution is -2.20. The number of aromatic nitrogens is 2. The van der Waals surface area contributed by atoms with Gasteiger partial charge in [-0.25, -0.2) is 4.98 Å². The van der Waals surface area contributed by atoms with Gasteiger partial charge in [-0.1, -0.05) is 6.92 Å². The first-order valence-corrected chi connectivity index (χ1v) is 6.75. The lowest BCUT2D eigenvalue weighted by molar-refractivity contribution is -0.137. The molecule has 1 saturated heterocycles. The van der Waals surface area contributed by atoms with Crippen LogP contribution >= 0.6 is 11.5 Å². The molecule has 0 amide bonds. The Kier molecular flexibility index (Phi) is 3.93. The Bertz CT molecular complexity index is 394. The van der Waals surface area contributed by atoms with Gasteiger partial charge in [-0.3, -0.25) is 4.79 Å². The first-order chi connectivity index (χ1) is 8.19. The molecule has 1 unspecified atom stereocenters. The van der Waals surface area contributed by atoms with E-state index in [2.05, 4.69) is 21.2 Å². The van der Waals surface area contributed by atoms with Crippen molar-refractivity contribution in [3.05, 3.63) is 5.82 Å². The van der Waals surface area contributed by atoms with Gasteiger partial charge in [0.1, 0.15) is 5.82 Å². The van der Waals surface area contributed by atoms with Crippen LogP contribution in [0.2, 0.25) is 0 Å². The van der Waals surface area contributed by atoms with Crippen molar-refractivity contribution >= 4 is 22.6 Å². The Hall–Kier alpha value is -1.17. The van der Waals surface area contributed by atoms with Crippen molar-refractivity contribution in [2.45, 2.75) is 32.6 Å². The third-order valence-electron chi connectivity index (χ3n) is 2.95. The molecule has 6 heteroatoms. The number of rotatable bonds is 5. The van der Waals surface area contributed by atoms with Crippen LogP contribution in [-0.4, -0.2) is 33.5 Å². The molecule has 2 rings (SSSR count). The van der Waals surface area contributed by atoms with Crippen molar-refractivity contribution in [2.75, 3.05) is 18.0 Å². The van der Waals surface area contributed by atoms with Crippen LogP contribution < -0.4 is 4.90 Å². The standard InChI is InChI=1S/C11H17N3O2S/c1-2-3-9-12-11(17-13-9)14-5-4-8(7-14)6-10(15)16/h8H,2-7H2,1H3,(H,15,16). The first kappa shape index (κ1) is 12.3. The second-order valence-corrected chi connectivity index (χ2v) is 5.17. The number of aryl methyl sites for hydroxylation is 1. The highest BCUT2D eigenvalue weighted by atomic mass is 32.1. The van der Waals surface area contributed by atoms with Gasteiger partial charge in [0.15, 0.2) is 0 Å². The zero-order valence-electron chi connectivity index (χ0n) is 9.93. The van der Waals surface area contributed by atoms with Crippen LogP contribution in [0.4, 0.5) is 5.13 Å². The Morgan fingerprint density at radius 2 is 2.47 bits per heavy atom. The van der Waals surface area contributed by atoms with E-state index < -0.39 is 5.97 Å². The van der Waals surface area contributed by atoms with E-state index in [-0.39, 0.29) is 12.3 Å². The van der Waals surface area contributed by atoms with Gasteiger partial charge in [0, 0.05) is 37.5 Å². The molecule has 1 aliphatic rings. The maximum atomic E-state index is 10.6. The topological polar surface area (TPSA) is 66.3 Å². The molecule has 0 radical (unpaired) electrons. The summed E-state index contributed by atoms with van der Waals surface area (Å²) in [6.45, 7) is 3.81. The minimum Gasteiger partial charge on any atom is -0.481 e. The average molecular weight is 255 g/mol. The summed E-state index contributed by atoms with van der Waals surface area (Å²) >= 11 is 1.43. The van der Waals surface area contributed by atoms with Gasteiger partial charge < -0.3 is 10.0 Å². The maximum Gasteiger partial charge on any atom is 0.303 e. The minimum atomic E-state index is -0.708. The van der Waals surface area contributed by atoms with Gasteiger partial charge in [-0.05, 0) is 18.8 Å². The molecule has 1 aliphatic heterocycles. The number of carbonyl (C=O) groups is 1. The zero-order valence-corrected chi connectivity index (χ0v) is 10.7. The van der Waals surface area contributed by atoms with Crippen molar-refractivity contribution in [1.82, 2.24) is 9.36 Å². The van der Waals surface area contributed by atoms with E-state index in [9.17, 15) is 4.79 Å². The fourth-order valence-electron chi connectivity index (χ4n) is 2.12. The zero-order chi connectivity index (χ0) is 12.3. The molecule has 17 heavy (non-hydrogen) atoms. The quantitative estimate of drug-likeness (QED) is 0.869. The number of aliphatic carboxylic acids is 1. The summed E-state index contributed by atoms with van der Waals surface area (Å²) < 4.78 is 4.31. The predicted molar refractivity (Wildman–Crippen MR) is 66.5 cm³/mol. The number of hydrogen-bond donors (Lipinski definition) is 1. The van der Waals surface area contributed by atoms with E-state index in [1.807, 2.05) is 0 Å². The largest absolute Gasteiger partial charge is 0.481 e. The summed E-state index contributed by atoms with van der Waals surface area (Å²) in [5.74, 6) is 0.459. The van der Waals surface area contributed by atoms with Crippen molar-refractivity contribution < 1.29 is 9.90 Å².